The summed E-state index contributed by atoms with van der Waals surface area (Å²) in [5.41, 5.74) is 3.97. The Bertz CT molecular complexity index is 704. The van der Waals surface area contributed by atoms with E-state index >= 15 is 0 Å². The van der Waals surface area contributed by atoms with Gasteiger partial charge in [0.15, 0.2) is 17.1 Å². The van der Waals surface area contributed by atoms with Crippen molar-refractivity contribution in [3.63, 3.8) is 0 Å². The first kappa shape index (κ1) is 12.4. The summed E-state index contributed by atoms with van der Waals surface area (Å²) in [4.78, 5) is 8.60. The van der Waals surface area contributed by atoms with E-state index in [2.05, 4.69) is 57.1 Å². The van der Waals surface area contributed by atoms with Crippen LogP contribution < -0.4 is 0 Å². The van der Waals surface area contributed by atoms with Gasteiger partial charge in [-0.2, -0.15) is 4.98 Å². The molecule has 0 atom stereocenters. The van der Waals surface area contributed by atoms with Crippen LogP contribution in [0.15, 0.2) is 45.4 Å². The second-order valence-corrected chi connectivity index (χ2v) is 5.48. The molecule has 3 rings (SSSR count). The number of nitrogens with zero attached hydrogens (tertiary/aromatic N) is 2. The molecule has 0 spiro atoms. The fourth-order valence-corrected chi connectivity index (χ4v) is 2.26. The Hall–Kier alpha value is -1.68. The number of hydrogen-bond donors (Lipinski definition) is 0. The van der Waals surface area contributed by atoms with Gasteiger partial charge < -0.3 is 4.42 Å². The van der Waals surface area contributed by atoms with Crippen LogP contribution >= 0.6 is 15.9 Å². The monoisotopic (exact) mass is 316 g/mol. The summed E-state index contributed by atoms with van der Waals surface area (Å²) in [5, 5.41) is 0. The van der Waals surface area contributed by atoms with E-state index in [1.807, 2.05) is 6.07 Å². The van der Waals surface area contributed by atoms with Gasteiger partial charge in [0.05, 0.1) is 0 Å². The smallest absolute Gasteiger partial charge is 0.198 e. The van der Waals surface area contributed by atoms with Gasteiger partial charge in [-0.25, -0.2) is 4.98 Å². The lowest BCUT2D eigenvalue weighted by molar-refractivity contribution is 0.528. The zero-order chi connectivity index (χ0) is 13.2. The fourth-order valence-electron chi connectivity index (χ4n) is 1.95. The quantitative estimate of drug-likeness (QED) is 0.731. The van der Waals surface area contributed by atoms with Crippen LogP contribution in [0, 0.1) is 6.92 Å². The molecule has 0 bridgehead atoms. The standard InChI is InChI=1S/C15H13BrN2O/c1-10-2-4-11(5-3-10)6-7-14-18-15-13(19-14)8-12(16)9-17-15/h2-5,8-9H,6-7H2,1H3. The van der Waals surface area contributed by atoms with Crippen LogP contribution in [0.4, 0.5) is 0 Å². The minimum atomic E-state index is 0.669. The molecule has 96 valence electrons. The highest BCUT2D eigenvalue weighted by Gasteiger charge is 2.07. The zero-order valence-corrected chi connectivity index (χ0v) is 12.1. The van der Waals surface area contributed by atoms with Crippen LogP contribution in [-0.2, 0) is 12.8 Å². The van der Waals surface area contributed by atoms with Gasteiger partial charge in [0.2, 0.25) is 0 Å². The maximum Gasteiger partial charge on any atom is 0.198 e. The van der Waals surface area contributed by atoms with E-state index in [9.17, 15) is 0 Å². The first-order valence-electron chi connectivity index (χ1n) is 6.17. The Morgan fingerprint density at radius 2 is 1.95 bits per heavy atom. The van der Waals surface area contributed by atoms with Crippen molar-refractivity contribution in [3.05, 3.63) is 58.0 Å². The molecule has 19 heavy (non-hydrogen) atoms. The number of aromatic nitrogens is 2. The van der Waals surface area contributed by atoms with Crippen LogP contribution in [0.3, 0.4) is 0 Å². The molecule has 0 saturated heterocycles. The lowest BCUT2D eigenvalue weighted by atomic mass is 10.1. The van der Waals surface area contributed by atoms with Gasteiger partial charge in [-0.3, -0.25) is 0 Å². The van der Waals surface area contributed by atoms with Crippen LogP contribution in [0.5, 0.6) is 0 Å². The van der Waals surface area contributed by atoms with Crippen molar-refractivity contribution in [2.75, 3.05) is 0 Å². The third-order valence-corrected chi connectivity index (χ3v) is 3.44. The molecule has 2 aromatic heterocycles. The average Bonchev–Trinajstić information content (AvgIpc) is 2.80. The van der Waals surface area contributed by atoms with Crippen molar-refractivity contribution in [1.29, 1.82) is 0 Å². The zero-order valence-electron chi connectivity index (χ0n) is 10.6. The maximum atomic E-state index is 5.69. The highest BCUT2D eigenvalue weighted by Crippen LogP contribution is 2.19. The lowest BCUT2D eigenvalue weighted by Crippen LogP contribution is -1.91. The highest BCUT2D eigenvalue weighted by atomic mass is 79.9. The largest absolute Gasteiger partial charge is 0.439 e. The van der Waals surface area contributed by atoms with Crippen molar-refractivity contribution in [2.24, 2.45) is 0 Å². The van der Waals surface area contributed by atoms with Crippen LogP contribution in [-0.4, -0.2) is 9.97 Å². The number of oxazole rings is 1. The van der Waals surface area contributed by atoms with E-state index in [-0.39, 0.29) is 0 Å². The second kappa shape index (κ2) is 5.13. The van der Waals surface area contributed by atoms with Gasteiger partial charge in [0.25, 0.3) is 0 Å². The number of pyridine rings is 1. The Morgan fingerprint density at radius 1 is 1.16 bits per heavy atom. The molecule has 0 aliphatic heterocycles. The van der Waals surface area contributed by atoms with Crippen LogP contribution in [0.1, 0.15) is 17.0 Å². The van der Waals surface area contributed by atoms with Crippen LogP contribution in [0.25, 0.3) is 11.2 Å². The lowest BCUT2D eigenvalue weighted by Gasteiger charge is -1.99. The summed E-state index contributed by atoms with van der Waals surface area (Å²) in [6.07, 6.45) is 3.44. The van der Waals surface area contributed by atoms with Crippen molar-refractivity contribution in [3.8, 4) is 0 Å². The van der Waals surface area contributed by atoms with E-state index < -0.39 is 0 Å². The Balaban J connectivity index is 1.76. The SMILES string of the molecule is Cc1ccc(CCc2nc3ncc(Br)cc3o2)cc1. The Kier molecular flexibility index (Phi) is 3.34. The Morgan fingerprint density at radius 3 is 2.74 bits per heavy atom. The van der Waals surface area contributed by atoms with E-state index in [1.54, 1.807) is 6.20 Å². The minimum Gasteiger partial charge on any atom is -0.439 e. The topological polar surface area (TPSA) is 38.9 Å². The molecule has 0 aliphatic carbocycles. The van der Waals surface area contributed by atoms with Crippen molar-refractivity contribution in [2.45, 2.75) is 19.8 Å². The molecule has 2 heterocycles. The normalized spacial score (nSPS) is 11.1. The third-order valence-electron chi connectivity index (χ3n) is 3.01. The van der Waals surface area contributed by atoms with Gasteiger partial charge in [-0.15, -0.1) is 0 Å². The molecule has 0 saturated carbocycles. The van der Waals surface area contributed by atoms with Gasteiger partial charge in [0, 0.05) is 23.2 Å². The number of hydrogen-bond acceptors (Lipinski definition) is 3. The average molecular weight is 317 g/mol. The molecular weight excluding hydrogens is 304 g/mol. The summed E-state index contributed by atoms with van der Waals surface area (Å²) in [6.45, 7) is 2.09. The van der Waals surface area contributed by atoms with Crippen molar-refractivity contribution >= 4 is 27.2 Å². The number of halogens is 1. The number of fused-ring (bicyclic) bond motifs is 1. The maximum absolute atomic E-state index is 5.69. The van der Waals surface area contributed by atoms with Gasteiger partial charge in [-0.05, 0) is 34.8 Å². The minimum absolute atomic E-state index is 0.669. The van der Waals surface area contributed by atoms with E-state index in [0.717, 1.165) is 28.8 Å². The first-order valence-corrected chi connectivity index (χ1v) is 6.96. The third kappa shape index (κ3) is 2.84. The summed E-state index contributed by atoms with van der Waals surface area (Å²) in [6, 6.07) is 10.4. The fraction of sp³-hybridized carbons (Fsp3) is 0.200. The molecule has 0 amide bonds. The summed E-state index contributed by atoms with van der Waals surface area (Å²) in [5.74, 6) is 0.737. The van der Waals surface area contributed by atoms with Gasteiger partial charge in [0.1, 0.15) is 0 Å². The van der Waals surface area contributed by atoms with Gasteiger partial charge >= 0.3 is 0 Å². The predicted molar refractivity (Wildman–Crippen MR) is 78.1 cm³/mol. The summed E-state index contributed by atoms with van der Waals surface area (Å²) < 4.78 is 6.59. The molecule has 0 N–H and O–H groups in total. The number of rotatable bonds is 3. The van der Waals surface area contributed by atoms with E-state index in [0.29, 0.717) is 5.65 Å². The van der Waals surface area contributed by atoms with Crippen LogP contribution in [0.2, 0.25) is 0 Å². The number of benzene rings is 1. The molecule has 0 radical (unpaired) electrons. The van der Waals surface area contributed by atoms with Crippen molar-refractivity contribution in [1.82, 2.24) is 9.97 Å². The molecule has 4 heteroatoms. The summed E-state index contributed by atoms with van der Waals surface area (Å²) >= 11 is 3.37. The van der Waals surface area contributed by atoms with E-state index in [1.165, 1.54) is 11.1 Å². The molecule has 0 fully saturated rings. The predicted octanol–water partition coefficient (Wildman–Crippen LogP) is 4.08. The second-order valence-electron chi connectivity index (χ2n) is 4.57. The molecule has 3 aromatic rings. The summed E-state index contributed by atoms with van der Waals surface area (Å²) in [7, 11) is 0. The highest BCUT2D eigenvalue weighted by molar-refractivity contribution is 9.10. The van der Waals surface area contributed by atoms with Gasteiger partial charge in [-0.1, -0.05) is 29.8 Å². The molecule has 1 aromatic carbocycles. The van der Waals surface area contributed by atoms with E-state index in [4.69, 9.17) is 4.42 Å². The molecule has 0 aliphatic rings. The molecule has 3 nitrogen and oxygen atoms in total. The number of aryl methyl sites for hydroxylation is 3. The van der Waals surface area contributed by atoms with Crippen molar-refractivity contribution < 1.29 is 4.42 Å². The Labute approximate surface area is 119 Å². The molecule has 0 unspecified atom stereocenters. The molecular formula is C15H13BrN2O. The first-order chi connectivity index (χ1) is 9.20.